The van der Waals surface area contributed by atoms with Gasteiger partial charge in [0.15, 0.2) is 0 Å². The fourth-order valence-electron chi connectivity index (χ4n) is 2.87. The van der Waals surface area contributed by atoms with Crippen LogP contribution in [0.2, 0.25) is 0 Å². The molecule has 0 saturated heterocycles. The number of benzene rings is 3. The first-order chi connectivity index (χ1) is 10.4. The Hall–Kier alpha value is -1.19. The van der Waals surface area contributed by atoms with Gasteiger partial charge in [-0.05, 0) is 0 Å². The summed E-state index contributed by atoms with van der Waals surface area (Å²) in [5, 5.41) is 0. The average Bonchev–Trinajstić information content (AvgIpc) is 2.59. The van der Waals surface area contributed by atoms with Crippen LogP contribution in [0, 0.1) is 0 Å². The standard InChI is InChI=1S/3C6H5.CH4S.Sn/c3*1-2-4-6-5-3-1;1-2;/h3*1-5H;2H,1H3;/q;;;;+1/p-1. The Morgan fingerprint density at radius 3 is 1.05 bits per heavy atom. The summed E-state index contributed by atoms with van der Waals surface area (Å²) in [4.78, 5) is 0. The van der Waals surface area contributed by atoms with E-state index in [0.29, 0.717) is 0 Å². The molecule has 0 amide bonds. The molecular weight excluding hydrogens is 379 g/mol. The van der Waals surface area contributed by atoms with Crippen LogP contribution in [-0.4, -0.2) is 23.2 Å². The van der Waals surface area contributed by atoms with Crippen molar-refractivity contribution in [2.24, 2.45) is 0 Å². The second kappa shape index (κ2) is 6.71. The van der Waals surface area contributed by atoms with Crippen LogP contribution < -0.4 is 10.7 Å². The first kappa shape index (κ1) is 14.7. The van der Waals surface area contributed by atoms with Gasteiger partial charge in [0.1, 0.15) is 0 Å². The normalized spacial score (nSPS) is 11.3. The summed E-state index contributed by atoms with van der Waals surface area (Å²) < 4.78 is 4.57. The molecule has 0 nitrogen and oxygen atoms in total. The van der Waals surface area contributed by atoms with E-state index in [0.717, 1.165) is 0 Å². The zero-order valence-electron chi connectivity index (χ0n) is 12.1. The Labute approximate surface area is 133 Å². The van der Waals surface area contributed by atoms with Gasteiger partial charge in [-0.2, -0.15) is 0 Å². The summed E-state index contributed by atoms with van der Waals surface area (Å²) in [6.07, 6.45) is 2.28. The van der Waals surface area contributed by atoms with E-state index in [1.54, 1.807) is 0 Å². The Morgan fingerprint density at radius 1 is 0.524 bits per heavy atom. The van der Waals surface area contributed by atoms with E-state index in [1.807, 2.05) is 0 Å². The zero-order valence-corrected chi connectivity index (χ0v) is 15.7. The van der Waals surface area contributed by atoms with Gasteiger partial charge >= 0.3 is 134 Å². The van der Waals surface area contributed by atoms with Crippen molar-refractivity contribution in [3.63, 3.8) is 0 Å². The first-order valence-corrected chi connectivity index (χ1v) is 16.1. The summed E-state index contributed by atoms with van der Waals surface area (Å²) in [6.45, 7) is 0. The molecule has 0 aliphatic rings. The van der Waals surface area contributed by atoms with Gasteiger partial charge in [-0.3, -0.25) is 0 Å². The molecule has 0 aliphatic heterocycles. The van der Waals surface area contributed by atoms with Crippen molar-refractivity contribution in [1.82, 2.24) is 0 Å². The molecule has 0 aliphatic carbocycles. The SMILES string of the molecule is C[S][Sn]([c]1ccccc1)([c]1ccccc1)[c]1ccccc1. The van der Waals surface area contributed by atoms with Crippen LogP contribution in [0.1, 0.15) is 0 Å². The Bertz CT molecular complexity index is 584. The fourth-order valence-corrected chi connectivity index (χ4v) is 20.9. The van der Waals surface area contributed by atoms with Crippen LogP contribution in [0.25, 0.3) is 0 Å². The molecule has 104 valence electrons. The maximum atomic E-state index is 2.31. The molecule has 21 heavy (non-hydrogen) atoms. The minimum atomic E-state index is -2.91. The van der Waals surface area contributed by atoms with Crippen molar-refractivity contribution in [2.45, 2.75) is 0 Å². The quantitative estimate of drug-likeness (QED) is 0.611. The Balaban J connectivity index is 2.29. The number of hydrogen-bond acceptors (Lipinski definition) is 1. The van der Waals surface area contributed by atoms with E-state index >= 15 is 0 Å². The molecule has 0 radical (unpaired) electrons. The Morgan fingerprint density at radius 2 is 0.810 bits per heavy atom. The molecule has 0 spiro atoms. The predicted octanol–water partition coefficient (Wildman–Crippen LogP) is 3.02. The van der Waals surface area contributed by atoms with Gasteiger partial charge in [-0.25, -0.2) is 0 Å². The average molecular weight is 397 g/mol. The maximum absolute atomic E-state index is 2.91. The van der Waals surface area contributed by atoms with Crippen LogP contribution in [0.15, 0.2) is 91.0 Å². The van der Waals surface area contributed by atoms with Gasteiger partial charge in [0, 0.05) is 0 Å². The second-order valence-electron chi connectivity index (χ2n) is 4.98. The predicted molar refractivity (Wildman–Crippen MR) is 97.5 cm³/mol. The van der Waals surface area contributed by atoms with E-state index in [9.17, 15) is 0 Å². The first-order valence-electron chi connectivity index (χ1n) is 7.09. The molecule has 0 heterocycles. The molecule has 0 atom stereocenters. The third-order valence-electron chi connectivity index (χ3n) is 3.85. The van der Waals surface area contributed by atoms with Crippen molar-refractivity contribution in [1.29, 1.82) is 0 Å². The van der Waals surface area contributed by atoms with Crippen molar-refractivity contribution in [3.05, 3.63) is 91.0 Å². The summed E-state index contributed by atoms with van der Waals surface area (Å²) >= 11 is -2.91. The van der Waals surface area contributed by atoms with Crippen molar-refractivity contribution >= 4 is 36.7 Å². The molecule has 2 heteroatoms. The summed E-state index contributed by atoms with van der Waals surface area (Å²) in [5.41, 5.74) is 0. The van der Waals surface area contributed by atoms with Crippen molar-refractivity contribution in [3.8, 4) is 0 Å². The van der Waals surface area contributed by atoms with E-state index in [2.05, 4.69) is 106 Å². The third kappa shape index (κ3) is 2.77. The van der Waals surface area contributed by atoms with Crippen molar-refractivity contribution < 1.29 is 0 Å². The van der Waals surface area contributed by atoms with Gasteiger partial charge in [0.25, 0.3) is 0 Å². The van der Waals surface area contributed by atoms with Crippen LogP contribution in [-0.2, 0) is 0 Å². The molecular formula is C19H18SSn. The topological polar surface area (TPSA) is 0 Å². The van der Waals surface area contributed by atoms with Gasteiger partial charge in [-0.1, -0.05) is 0 Å². The van der Waals surface area contributed by atoms with E-state index in [1.165, 1.54) is 10.7 Å². The molecule has 0 bridgehead atoms. The van der Waals surface area contributed by atoms with Gasteiger partial charge < -0.3 is 0 Å². The molecule has 0 unspecified atom stereocenters. The molecule has 3 aromatic rings. The summed E-state index contributed by atoms with van der Waals surface area (Å²) in [6, 6.07) is 33.2. The third-order valence-corrected chi connectivity index (χ3v) is 24.3. The number of rotatable bonds is 4. The van der Waals surface area contributed by atoms with Crippen molar-refractivity contribution in [2.75, 3.05) is 6.26 Å². The minimum absolute atomic E-state index is 1.52. The van der Waals surface area contributed by atoms with E-state index in [-0.39, 0.29) is 0 Å². The summed E-state index contributed by atoms with van der Waals surface area (Å²) in [5.74, 6) is 0. The van der Waals surface area contributed by atoms with Gasteiger partial charge in [-0.15, -0.1) is 0 Å². The number of hydrogen-bond donors (Lipinski definition) is 0. The van der Waals surface area contributed by atoms with E-state index < -0.39 is 17.0 Å². The van der Waals surface area contributed by atoms with Gasteiger partial charge in [0.2, 0.25) is 0 Å². The molecule has 0 N–H and O–H groups in total. The molecule has 3 rings (SSSR count). The van der Waals surface area contributed by atoms with E-state index in [4.69, 9.17) is 0 Å². The van der Waals surface area contributed by atoms with Crippen LogP contribution >= 0.6 is 8.95 Å². The van der Waals surface area contributed by atoms with Gasteiger partial charge in [0.05, 0.1) is 0 Å². The molecule has 3 aromatic carbocycles. The molecule has 0 saturated carbocycles. The second-order valence-corrected chi connectivity index (χ2v) is 21.8. The Kier molecular flexibility index (Phi) is 4.71. The zero-order chi connectivity index (χ0) is 14.5. The fraction of sp³-hybridized carbons (Fsp3) is 0.0526. The summed E-state index contributed by atoms with van der Waals surface area (Å²) in [7, 11) is 2.09. The van der Waals surface area contributed by atoms with Crippen LogP contribution in [0.3, 0.4) is 0 Å². The molecule has 0 aromatic heterocycles. The monoisotopic (exact) mass is 398 g/mol. The van der Waals surface area contributed by atoms with Crippen LogP contribution in [0.4, 0.5) is 0 Å². The molecule has 0 fully saturated rings. The van der Waals surface area contributed by atoms with Crippen LogP contribution in [0.5, 0.6) is 0 Å².